The second kappa shape index (κ2) is 8.75. The summed E-state index contributed by atoms with van der Waals surface area (Å²) in [6.45, 7) is 7.82. The summed E-state index contributed by atoms with van der Waals surface area (Å²) >= 11 is 0. The van der Waals surface area contributed by atoms with Crippen LogP contribution in [0.5, 0.6) is 0 Å². The molecule has 1 saturated carbocycles. The summed E-state index contributed by atoms with van der Waals surface area (Å²) in [6.07, 6.45) is 5.88. The first-order valence-corrected chi connectivity index (χ1v) is 11.9. The molecule has 0 amide bonds. The van der Waals surface area contributed by atoms with Gasteiger partial charge in [0, 0.05) is 31.7 Å². The molecule has 2 aliphatic rings. The van der Waals surface area contributed by atoms with Gasteiger partial charge in [0.05, 0.1) is 11.6 Å². The Labute approximate surface area is 188 Å². The van der Waals surface area contributed by atoms with Crippen molar-refractivity contribution in [3.05, 3.63) is 51.1 Å². The van der Waals surface area contributed by atoms with Crippen LogP contribution in [-0.4, -0.2) is 68.2 Å². The molecule has 3 heterocycles. The first-order valence-electron chi connectivity index (χ1n) is 11.9. The van der Waals surface area contributed by atoms with Crippen LogP contribution in [0.2, 0.25) is 0 Å². The molecule has 8 heteroatoms. The van der Waals surface area contributed by atoms with E-state index in [0.717, 1.165) is 66.9 Å². The Morgan fingerprint density at radius 2 is 1.81 bits per heavy atom. The van der Waals surface area contributed by atoms with Crippen molar-refractivity contribution < 1.29 is 0 Å². The third-order valence-corrected chi connectivity index (χ3v) is 7.46. The summed E-state index contributed by atoms with van der Waals surface area (Å²) in [5.41, 5.74) is 3.90. The Morgan fingerprint density at radius 1 is 1.06 bits per heavy atom. The quantitative estimate of drug-likeness (QED) is 0.678. The molecule has 1 aromatic carbocycles. The molecule has 170 valence electrons. The summed E-state index contributed by atoms with van der Waals surface area (Å²) in [4.78, 5) is 21.3. The molecule has 1 N–H and O–H groups in total. The highest BCUT2D eigenvalue weighted by molar-refractivity contribution is 5.83. The van der Waals surface area contributed by atoms with Gasteiger partial charge in [-0.25, -0.2) is 4.68 Å². The van der Waals surface area contributed by atoms with Crippen molar-refractivity contribution in [3.63, 3.8) is 0 Å². The minimum absolute atomic E-state index is 0.0478. The summed E-state index contributed by atoms with van der Waals surface area (Å²) in [5, 5.41) is 14.1. The molecule has 3 aromatic rings. The molecular formula is C24H33N7O. The minimum atomic E-state index is -0.254. The van der Waals surface area contributed by atoms with Crippen molar-refractivity contribution in [2.24, 2.45) is 0 Å². The number of hydrogen-bond acceptors (Lipinski definition) is 6. The van der Waals surface area contributed by atoms with Gasteiger partial charge in [-0.1, -0.05) is 31.4 Å². The van der Waals surface area contributed by atoms with E-state index in [9.17, 15) is 4.79 Å². The molecule has 2 aromatic heterocycles. The Balaban J connectivity index is 1.63. The number of H-pyrrole nitrogens is 1. The van der Waals surface area contributed by atoms with Crippen molar-refractivity contribution in [2.45, 2.75) is 58.0 Å². The molecule has 1 aliphatic carbocycles. The maximum absolute atomic E-state index is 13.5. The van der Waals surface area contributed by atoms with Gasteiger partial charge in [0.15, 0.2) is 5.82 Å². The van der Waals surface area contributed by atoms with Gasteiger partial charge >= 0.3 is 0 Å². The van der Waals surface area contributed by atoms with Crippen molar-refractivity contribution in [1.29, 1.82) is 0 Å². The van der Waals surface area contributed by atoms with Crippen LogP contribution in [0.1, 0.15) is 66.7 Å². The number of rotatable bonds is 4. The van der Waals surface area contributed by atoms with Crippen LogP contribution in [0, 0.1) is 13.8 Å². The predicted octanol–water partition coefficient (Wildman–Crippen LogP) is 2.97. The van der Waals surface area contributed by atoms with Gasteiger partial charge in [0.2, 0.25) is 0 Å². The number of aromatic nitrogens is 5. The second-order valence-corrected chi connectivity index (χ2v) is 9.54. The molecule has 5 rings (SSSR count). The van der Waals surface area contributed by atoms with Crippen LogP contribution in [0.15, 0.2) is 23.0 Å². The number of tetrazole rings is 1. The van der Waals surface area contributed by atoms with E-state index in [2.05, 4.69) is 69.4 Å². The highest BCUT2D eigenvalue weighted by Crippen LogP contribution is 2.33. The number of aryl methyl sites for hydroxylation is 2. The number of likely N-dealkylation sites (N-methyl/N-ethyl adjacent to an activating group) is 1. The van der Waals surface area contributed by atoms with E-state index in [0.29, 0.717) is 6.04 Å². The lowest BCUT2D eigenvalue weighted by Crippen LogP contribution is -2.47. The first-order chi connectivity index (χ1) is 15.5. The van der Waals surface area contributed by atoms with Crippen LogP contribution in [0.25, 0.3) is 10.9 Å². The monoisotopic (exact) mass is 435 g/mol. The van der Waals surface area contributed by atoms with E-state index in [1.165, 1.54) is 24.8 Å². The smallest absolute Gasteiger partial charge is 0.253 e. The molecule has 1 atom stereocenters. The summed E-state index contributed by atoms with van der Waals surface area (Å²) in [5.74, 6) is 0.801. The zero-order valence-corrected chi connectivity index (χ0v) is 19.3. The van der Waals surface area contributed by atoms with Crippen molar-refractivity contribution in [2.75, 3.05) is 33.2 Å². The zero-order chi connectivity index (χ0) is 22.2. The largest absolute Gasteiger partial charge is 0.321 e. The van der Waals surface area contributed by atoms with Gasteiger partial charge in [-0.05, 0) is 66.7 Å². The molecule has 0 spiro atoms. The molecular weight excluding hydrogens is 402 g/mol. The standard InChI is InChI=1S/C24H33N7O/c1-16-9-10-18-15-20(24(32)25-21(18)17(16)2)22(30-13-11-29(3)12-14-30)23-26-27-28-31(23)19-7-5-4-6-8-19/h9-10,15,19,22H,4-8,11-14H2,1-3H3,(H,25,32). The van der Waals surface area contributed by atoms with Crippen LogP contribution in [0.4, 0.5) is 0 Å². The van der Waals surface area contributed by atoms with Gasteiger partial charge in [-0.3, -0.25) is 9.69 Å². The summed E-state index contributed by atoms with van der Waals surface area (Å²) in [7, 11) is 2.15. The molecule has 2 fully saturated rings. The fraction of sp³-hybridized carbons (Fsp3) is 0.583. The number of nitrogens with zero attached hydrogens (tertiary/aromatic N) is 6. The van der Waals surface area contributed by atoms with Gasteiger partial charge in [-0.2, -0.15) is 0 Å². The maximum Gasteiger partial charge on any atom is 0.253 e. The third kappa shape index (κ3) is 3.86. The predicted molar refractivity (Wildman–Crippen MR) is 125 cm³/mol. The van der Waals surface area contributed by atoms with E-state index in [4.69, 9.17) is 0 Å². The number of aromatic amines is 1. The average Bonchev–Trinajstić information content (AvgIpc) is 3.29. The lowest BCUT2D eigenvalue weighted by molar-refractivity contribution is 0.119. The van der Waals surface area contributed by atoms with Crippen LogP contribution in [0.3, 0.4) is 0 Å². The van der Waals surface area contributed by atoms with Gasteiger partial charge in [0.1, 0.15) is 6.04 Å². The minimum Gasteiger partial charge on any atom is -0.321 e. The SMILES string of the molecule is Cc1ccc2cc(C(c3nnnn3C3CCCCC3)N3CCN(C)CC3)c(=O)[nH]c2c1C. The first kappa shape index (κ1) is 21.3. The zero-order valence-electron chi connectivity index (χ0n) is 19.3. The molecule has 0 radical (unpaired) electrons. The summed E-state index contributed by atoms with van der Waals surface area (Å²) < 4.78 is 2.02. The normalized spacial score (nSPS) is 20.1. The van der Waals surface area contributed by atoms with E-state index >= 15 is 0 Å². The molecule has 0 bridgehead atoms. The second-order valence-electron chi connectivity index (χ2n) is 9.54. The fourth-order valence-electron chi connectivity index (χ4n) is 5.29. The Bertz CT molecular complexity index is 1150. The van der Waals surface area contributed by atoms with Gasteiger partial charge in [0.25, 0.3) is 5.56 Å². The van der Waals surface area contributed by atoms with Gasteiger partial charge in [-0.15, -0.1) is 5.10 Å². The molecule has 8 nitrogen and oxygen atoms in total. The highest BCUT2D eigenvalue weighted by atomic mass is 16.1. The van der Waals surface area contributed by atoms with Crippen molar-refractivity contribution >= 4 is 10.9 Å². The third-order valence-electron chi connectivity index (χ3n) is 7.46. The lowest BCUT2D eigenvalue weighted by Gasteiger charge is -2.37. The molecule has 32 heavy (non-hydrogen) atoms. The Kier molecular flexibility index (Phi) is 5.82. The lowest BCUT2D eigenvalue weighted by atomic mass is 9.95. The molecule has 1 saturated heterocycles. The van der Waals surface area contributed by atoms with Crippen molar-refractivity contribution in [1.82, 2.24) is 35.0 Å². The Hall–Kier alpha value is -2.58. The number of fused-ring (bicyclic) bond motifs is 1. The van der Waals surface area contributed by atoms with E-state index in [-0.39, 0.29) is 11.6 Å². The fourth-order valence-corrected chi connectivity index (χ4v) is 5.29. The van der Waals surface area contributed by atoms with Crippen LogP contribution < -0.4 is 5.56 Å². The highest BCUT2D eigenvalue weighted by Gasteiger charge is 2.34. The maximum atomic E-state index is 13.5. The van der Waals surface area contributed by atoms with Crippen molar-refractivity contribution in [3.8, 4) is 0 Å². The number of benzene rings is 1. The van der Waals surface area contributed by atoms with E-state index in [1.54, 1.807) is 0 Å². The van der Waals surface area contributed by atoms with Gasteiger partial charge < -0.3 is 9.88 Å². The number of pyridine rings is 1. The topological polar surface area (TPSA) is 82.9 Å². The Morgan fingerprint density at radius 3 is 2.56 bits per heavy atom. The molecule has 1 unspecified atom stereocenters. The van der Waals surface area contributed by atoms with Crippen LogP contribution in [-0.2, 0) is 0 Å². The van der Waals surface area contributed by atoms with Crippen LogP contribution >= 0.6 is 0 Å². The number of nitrogens with one attached hydrogen (secondary N) is 1. The van der Waals surface area contributed by atoms with E-state index < -0.39 is 0 Å². The summed E-state index contributed by atoms with van der Waals surface area (Å²) in [6, 6.07) is 6.34. The average molecular weight is 436 g/mol. The molecule has 1 aliphatic heterocycles. The number of piperazine rings is 1. The van der Waals surface area contributed by atoms with E-state index in [1.807, 2.05) is 4.68 Å². The number of hydrogen-bond donors (Lipinski definition) is 1.